The lowest BCUT2D eigenvalue weighted by Crippen LogP contribution is -2.38. The number of aliphatic imine (C=N–C) groups is 1. The van der Waals surface area contributed by atoms with E-state index >= 15 is 0 Å². The van der Waals surface area contributed by atoms with Crippen molar-refractivity contribution in [3.05, 3.63) is 71.0 Å². The molecule has 2 aliphatic heterocycles. The second-order valence-corrected chi connectivity index (χ2v) is 7.60. The third-order valence-electron chi connectivity index (χ3n) is 5.02. The number of hydrogen-bond donors (Lipinski definition) is 1. The van der Waals surface area contributed by atoms with Crippen LogP contribution >= 0.6 is 0 Å². The smallest absolute Gasteiger partial charge is 0.282 e. The lowest BCUT2D eigenvalue weighted by atomic mass is 10.1. The van der Waals surface area contributed by atoms with E-state index in [-0.39, 0.29) is 11.4 Å². The van der Waals surface area contributed by atoms with Gasteiger partial charge in [-0.05, 0) is 49.8 Å². The fourth-order valence-electron chi connectivity index (χ4n) is 3.33. The Morgan fingerprint density at radius 2 is 1.82 bits per heavy atom. The summed E-state index contributed by atoms with van der Waals surface area (Å²) in [5.41, 5.74) is 2.00. The summed E-state index contributed by atoms with van der Waals surface area (Å²) in [4.78, 5) is 21.9. The van der Waals surface area contributed by atoms with Gasteiger partial charge < -0.3 is 19.0 Å². The molecule has 0 fully saturated rings. The van der Waals surface area contributed by atoms with Gasteiger partial charge in [0.2, 0.25) is 0 Å². The van der Waals surface area contributed by atoms with Crippen LogP contribution in [0.15, 0.2) is 64.9 Å². The largest absolute Gasteiger partial charge is 0.493 e. The van der Waals surface area contributed by atoms with E-state index in [0.29, 0.717) is 48.3 Å². The van der Waals surface area contributed by atoms with Crippen LogP contribution in [0.25, 0.3) is 6.08 Å². The van der Waals surface area contributed by atoms with Gasteiger partial charge in [0.1, 0.15) is 11.5 Å². The molecule has 8 heteroatoms. The highest BCUT2D eigenvalue weighted by Crippen LogP contribution is 2.30. The maximum Gasteiger partial charge on any atom is 0.282 e. The van der Waals surface area contributed by atoms with Crippen molar-refractivity contribution >= 4 is 23.7 Å². The molecule has 0 radical (unpaired) electrons. The molecule has 0 bridgehead atoms. The number of amides is 1. The molecule has 0 saturated heterocycles. The quantitative estimate of drug-likeness (QED) is 0.479. The summed E-state index contributed by atoms with van der Waals surface area (Å²) >= 11 is 0. The second kappa shape index (κ2) is 9.60. The van der Waals surface area contributed by atoms with Gasteiger partial charge in [-0.15, -0.1) is 5.06 Å². The number of aryl methyl sites for hydroxylation is 1. The number of carbonyl (C=O) groups excluding carboxylic acids is 1. The summed E-state index contributed by atoms with van der Waals surface area (Å²) in [6.45, 7) is 4.77. The molecule has 0 saturated carbocycles. The van der Waals surface area contributed by atoms with Gasteiger partial charge >= 0.3 is 0 Å². The maximum absolute atomic E-state index is 12.4. The zero-order valence-electron chi connectivity index (χ0n) is 18.8. The normalized spacial score (nSPS) is 16.2. The van der Waals surface area contributed by atoms with Crippen molar-refractivity contribution in [2.45, 2.75) is 20.3 Å². The summed E-state index contributed by atoms with van der Waals surface area (Å²) in [5.74, 6) is 2.27. The Kier molecular flexibility index (Phi) is 6.44. The van der Waals surface area contributed by atoms with Crippen LogP contribution in [0.2, 0.25) is 0 Å². The van der Waals surface area contributed by atoms with Crippen molar-refractivity contribution in [1.82, 2.24) is 5.06 Å². The van der Waals surface area contributed by atoms with E-state index < -0.39 is 5.91 Å². The Morgan fingerprint density at radius 3 is 2.58 bits per heavy atom. The molecule has 1 amide bonds. The molecule has 0 aliphatic carbocycles. The highest BCUT2D eigenvalue weighted by molar-refractivity contribution is 6.32. The molecule has 1 N–H and O–H groups in total. The second-order valence-electron chi connectivity index (χ2n) is 7.60. The number of amidine groups is 2. The number of methoxy groups -OCH3 is 1. The van der Waals surface area contributed by atoms with Crippen LogP contribution in [-0.2, 0) is 9.63 Å². The molecule has 2 aliphatic rings. The Labute approximate surface area is 192 Å². The van der Waals surface area contributed by atoms with Gasteiger partial charge in [-0.1, -0.05) is 23.8 Å². The first-order chi connectivity index (χ1) is 15.9. The van der Waals surface area contributed by atoms with Crippen LogP contribution in [0.4, 0.5) is 0 Å². The molecule has 8 nitrogen and oxygen atoms in total. The third-order valence-corrected chi connectivity index (χ3v) is 5.02. The average molecular weight is 447 g/mol. The molecule has 2 aromatic carbocycles. The maximum atomic E-state index is 12.4. The average Bonchev–Trinajstić information content (AvgIpc) is 3.18. The summed E-state index contributed by atoms with van der Waals surface area (Å²) in [5, 5.41) is 9.55. The Hall–Kier alpha value is -4.07. The number of ether oxygens (including phenoxy) is 3. The molecular weight excluding hydrogens is 422 g/mol. The summed E-state index contributed by atoms with van der Waals surface area (Å²) in [6.07, 6.45) is 3.91. The highest BCUT2D eigenvalue weighted by Gasteiger charge is 2.34. The van der Waals surface area contributed by atoms with Crippen LogP contribution in [-0.4, -0.2) is 43.0 Å². The number of hydrogen-bond acceptors (Lipinski definition) is 6. The summed E-state index contributed by atoms with van der Waals surface area (Å²) < 4.78 is 17.0. The lowest BCUT2D eigenvalue weighted by molar-refractivity contribution is -0.114. The van der Waals surface area contributed by atoms with Crippen molar-refractivity contribution in [2.75, 3.05) is 20.3 Å². The molecule has 33 heavy (non-hydrogen) atoms. The van der Waals surface area contributed by atoms with Crippen LogP contribution in [0, 0.1) is 12.3 Å². The predicted octanol–water partition coefficient (Wildman–Crippen LogP) is 4.30. The number of allylic oxidation sites excluding steroid dienone is 1. The minimum absolute atomic E-state index is 0.0639. The van der Waals surface area contributed by atoms with Crippen molar-refractivity contribution in [3.63, 3.8) is 0 Å². The fourth-order valence-corrected chi connectivity index (χ4v) is 3.33. The molecule has 0 spiro atoms. The molecule has 0 unspecified atom stereocenters. The van der Waals surface area contributed by atoms with Gasteiger partial charge in [0.15, 0.2) is 23.2 Å². The zero-order valence-corrected chi connectivity index (χ0v) is 18.8. The summed E-state index contributed by atoms with van der Waals surface area (Å²) in [6, 6.07) is 13.2. The first-order valence-electron chi connectivity index (χ1n) is 10.5. The van der Waals surface area contributed by atoms with Crippen LogP contribution < -0.4 is 14.2 Å². The van der Waals surface area contributed by atoms with Crippen molar-refractivity contribution in [2.24, 2.45) is 4.99 Å². The molecule has 170 valence electrons. The van der Waals surface area contributed by atoms with Crippen molar-refractivity contribution in [3.8, 4) is 17.2 Å². The van der Waals surface area contributed by atoms with E-state index in [1.165, 1.54) is 10.6 Å². The van der Waals surface area contributed by atoms with Gasteiger partial charge in [0.25, 0.3) is 5.91 Å². The molecule has 4 rings (SSSR count). The number of nitrogens with one attached hydrogen (secondary N) is 1. The Balaban J connectivity index is 1.37. The lowest BCUT2D eigenvalue weighted by Gasteiger charge is -2.23. The SMILES string of the molecule is COc1cc(/C=C2/C(=N)N3OC(C)=CC3=NC2=O)ccc1OCCCOc1ccc(C)cc1. The van der Waals surface area contributed by atoms with E-state index in [2.05, 4.69) is 4.99 Å². The number of carbonyl (C=O) groups is 1. The van der Waals surface area contributed by atoms with Crippen LogP contribution in [0.3, 0.4) is 0 Å². The van der Waals surface area contributed by atoms with Crippen LogP contribution in [0.5, 0.6) is 17.2 Å². The minimum Gasteiger partial charge on any atom is -0.493 e. The Morgan fingerprint density at radius 1 is 1.06 bits per heavy atom. The van der Waals surface area contributed by atoms with E-state index in [4.69, 9.17) is 24.5 Å². The van der Waals surface area contributed by atoms with E-state index in [1.807, 2.05) is 31.2 Å². The number of rotatable bonds is 8. The minimum atomic E-state index is -0.492. The number of hydroxylamine groups is 2. The number of fused-ring (bicyclic) bond motifs is 1. The first kappa shape index (κ1) is 22.1. The number of nitrogens with zero attached hydrogens (tertiary/aromatic N) is 2. The van der Waals surface area contributed by atoms with E-state index in [1.54, 1.807) is 44.4 Å². The molecule has 0 atom stereocenters. The number of benzene rings is 2. The van der Waals surface area contributed by atoms with Gasteiger partial charge in [-0.3, -0.25) is 10.2 Å². The van der Waals surface area contributed by atoms with Gasteiger partial charge in [-0.2, -0.15) is 4.99 Å². The summed E-state index contributed by atoms with van der Waals surface area (Å²) in [7, 11) is 1.55. The highest BCUT2D eigenvalue weighted by atomic mass is 16.7. The van der Waals surface area contributed by atoms with Crippen molar-refractivity contribution in [1.29, 1.82) is 5.41 Å². The van der Waals surface area contributed by atoms with Gasteiger partial charge in [0.05, 0.1) is 25.9 Å². The van der Waals surface area contributed by atoms with E-state index in [9.17, 15) is 4.79 Å². The zero-order chi connectivity index (χ0) is 23.4. The topological polar surface area (TPSA) is 93.4 Å². The molecule has 2 aromatic rings. The van der Waals surface area contributed by atoms with Gasteiger partial charge in [0, 0.05) is 12.5 Å². The first-order valence-corrected chi connectivity index (χ1v) is 10.5. The molecule has 0 aromatic heterocycles. The van der Waals surface area contributed by atoms with Crippen molar-refractivity contribution < 1.29 is 23.8 Å². The molecule has 2 heterocycles. The predicted molar refractivity (Wildman–Crippen MR) is 125 cm³/mol. The third kappa shape index (κ3) is 5.06. The molecular formula is C25H25N3O5. The van der Waals surface area contributed by atoms with Gasteiger partial charge in [-0.25, -0.2) is 0 Å². The van der Waals surface area contributed by atoms with E-state index in [0.717, 1.165) is 5.75 Å². The standard InChI is InChI=1S/C25H25N3O5/c1-16-5-8-19(9-6-16)31-11-4-12-32-21-10-7-18(15-22(21)30-3)14-20-24(26)28-23(27-25(20)29)13-17(2)33-28/h5-10,13-15,26H,4,11-12H2,1-3H3/b20-14-,26-24?. The Bertz CT molecular complexity index is 1170. The van der Waals surface area contributed by atoms with Crippen LogP contribution in [0.1, 0.15) is 24.5 Å². The fraction of sp³-hybridized carbons (Fsp3) is 0.240. The monoisotopic (exact) mass is 447 g/mol.